The molecule has 2 aromatic rings. The zero-order valence-corrected chi connectivity index (χ0v) is 13.1. The van der Waals surface area contributed by atoms with Gasteiger partial charge in [0.25, 0.3) is 0 Å². The molecular formula is C14H20ClN3S. The Hall–Kier alpha value is -0.840. The maximum absolute atomic E-state index is 6.25. The van der Waals surface area contributed by atoms with Crippen LogP contribution in [0, 0.1) is 6.92 Å². The molecule has 104 valence electrons. The van der Waals surface area contributed by atoms with E-state index in [4.69, 9.17) is 17.3 Å². The summed E-state index contributed by atoms with van der Waals surface area (Å²) < 4.78 is 2.00. The smallest absolute Gasteiger partial charge is 0.0643 e. The van der Waals surface area contributed by atoms with Crippen molar-refractivity contribution >= 4 is 22.9 Å². The molecule has 0 amide bonds. The van der Waals surface area contributed by atoms with Gasteiger partial charge in [-0.15, -0.1) is 11.3 Å². The van der Waals surface area contributed by atoms with E-state index in [-0.39, 0.29) is 6.04 Å². The number of hydrogen-bond donors (Lipinski definition) is 1. The van der Waals surface area contributed by atoms with Crippen molar-refractivity contribution in [3.05, 3.63) is 38.8 Å². The Labute approximate surface area is 123 Å². The predicted molar refractivity (Wildman–Crippen MR) is 81.9 cm³/mol. The highest BCUT2D eigenvalue weighted by molar-refractivity contribution is 7.10. The SMILES string of the molecule is CCC(C)n1ccc(CC(N)c2scc(C)c2Cl)n1. The van der Waals surface area contributed by atoms with Gasteiger partial charge in [0.2, 0.25) is 0 Å². The first-order chi connectivity index (χ1) is 9.02. The average molecular weight is 298 g/mol. The normalized spacial score (nSPS) is 14.6. The van der Waals surface area contributed by atoms with Crippen LogP contribution in [0.25, 0.3) is 0 Å². The number of nitrogens with two attached hydrogens (primary N) is 1. The Balaban J connectivity index is 2.09. The van der Waals surface area contributed by atoms with Gasteiger partial charge in [0.05, 0.1) is 10.7 Å². The van der Waals surface area contributed by atoms with Gasteiger partial charge < -0.3 is 5.73 Å². The molecule has 0 aromatic carbocycles. The lowest BCUT2D eigenvalue weighted by Crippen LogP contribution is -2.13. The summed E-state index contributed by atoms with van der Waals surface area (Å²) in [5, 5.41) is 7.44. The van der Waals surface area contributed by atoms with Crippen molar-refractivity contribution < 1.29 is 0 Å². The van der Waals surface area contributed by atoms with Gasteiger partial charge in [-0.2, -0.15) is 5.10 Å². The maximum atomic E-state index is 6.25. The second-order valence-corrected chi connectivity index (χ2v) is 6.24. The van der Waals surface area contributed by atoms with Crippen LogP contribution in [-0.4, -0.2) is 9.78 Å². The average Bonchev–Trinajstić information content (AvgIpc) is 2.97. The van der Waals surface area contributed by atoms with E-state index in [2.05, 4.69) is 24.3 Å². The van der Waals surface area contributed by atoms with E-state index in [9.17, 15) is 0 Å². The van der Waals surface area contributed by atoms with Crippen molar-refractivity contribution in [3.63, 3.8) is 0 Å². The number of nitrogens with zero attached hydrogens (tertiary/aromatic N) is 2. The molecule has 0 saturated heterocycles. The number of thiophene rings is 1. The molecule has 0 aliphatic heterocycles. The standard InChI is InChI=1S/C14H20ClN3S/c1-4-10(3)18-6-5-11(17-18)7-12(16)14-13(15)9(2)8-19-14/h5-6,8,10,12H,4,7,16H2,1-3H3. The first kappa shape index (κ1) is 14.6. The summed E-state index contributed by atoms with van der Waals surface area (Å²) in [6, 6.07) is 2.39. The Morgan fingerprint density at radius 3 is 2.84 bits per heavy atom. The third-order valence-electron chi connectivity index (χ3n) is 3.40. The second kappa shape index (κ2) is 6.07. The molecule has 2 atom stereocenters. The van der Waals surface area contributed by atoms with E-state index in [0.29, 0.717) is 6.04 Å². The van der Waals surface area contributed by atoms with Crippen LogP contribution in [0.5, 0.6) is 0 Å². The van der Waals surface area contributed by atoms with E-state index in [1.54, 1.807) is 11.3 Å². The first-order valence-electron chi connectivity index (χ1n) is 6.56. The zero-order valence-electron chi connectivity index (χ0n) is 11.6. The lowest BCUT2D eigenvalue weighted by atomic mass is 10.1. The van der Waals surface area contributed by atoms with Crippen molar-refractivity contribution in [1.29, 1.82) is 0 Å². The maximum Gasteiger partial charge on any atom is 0.0643 e. The summed E-state index contributed by atoms with van der Waals surface area (Å²) >= 11 is 7.88. The van der Waals surface area contributed by atoms with Crippen molar-refractivity contribution in [2.75, 3.05) is 0 Å². The van der Waals surface area contributed by atoms with E-state index in [1.807, 2.05) is 23.9 Å². The second-order valence-electron chi connectivity index (χ2n) is 4.95. The fraction of sp³-hybridized carbons (Fsp3) is 0.500. The van der Waals surface area contributed by atoms with Gasteiger partial charge in [-0.25, -0.2) is 0 Å². The van der Waals surface area contributed by atoms with Gasteiger partial charge in [0.15, 0.2) is 0 Å². The molecule has 0 aliphatic rings. The van der Waals surface area contributed by atoms with Crippen LogP contribution in [-0.2, 0) is 6.42 Å². The highest BCUT2D eigenvalue weighted by atomic mass is 35.5. The van der Waals surface area contributed by atoms with Crippen LogP contribution >= 0.6 is 22.9 Å². The van der Waals surface area contributed by atoms with Gasteiger partial charge in [0, 0.05) is 29.6 Å². The van der Waals surface area contributed by atoms with Crippen LogP contribution in [0.15, 0.2) is 17.6 Å². The molecule has 5 heteroatoms. The fourth-order valence-electron chi connectivity index (χ4n) is 1.94. The lowest BCUT2D eigenvalue weighted by Gasteiger charge is -2.10. The molecule has 2 aromatic heterocycles. The Morgan fingerprint density at radius 1 is 1.53 bits per heavy atom. The number of aryl methyl sites for hydroxylation is 1. The van der Waals surface area contributed by atoms with Crippen molar-refractivity contribution in [3.8, 4) is 0 Å². The van der Waals surface area contributed by atoms with Crippen LogP contribution in [0.3, 0.4) is 0 Å². The lowest BCUT2D eigenvalue weighted by molar-refractivity contribution is 0.472. The predicted octanol–water partition coefficient (Wildman–Crippen LogP) is 4.12. The Bertz CT molecular complexity index is 547. The van der Waals surface area contributed by atoms with Gasteiger partial charge in [-0.1, -0.05) is 18.5 Å². The molecule has 0 saturated carbocycles. The fourth-order valence-corrected chi connectivity index (χ4v) is 3.27. The summed E-state index contributed by atoms with van der Waals surface area (Å²) in [6.07, 6.45) is 3.82. The third-order valence-corrected chi connectivity index (χ3v) is 5.24. The zero-order chi connectivity index (χ0) is 14.0. The molecule has 0 aliphatic carbocycles. The molecule has 0 radical (unpaired) electrons. The highest BCUT2D eigenvalue weighted by Gasteiger charge is 2.16. The molecular weight excluding hydrogens is 278 g/mol. The number of rotatable bonds is 5. The largest absolute Gasteiger partial charge is 0.323 e. The number of aromatic nitrogens is 2. The summed E-state index contributed by atoms with van der Waals surface area (Å²) in [4.78, 5) is 1.05. The molecule has 19 heavy (non-hydrogen) atoms. The molecule has 0 spiro atoms. The van der Waals surface area contributed by atoms with Crippen molar-refractivity contribution in [1.82, 2.24) is 9.78 Å². The quantitative estimate of drug-likeness (QED) is 0.902. The van der Waals surface area contributed by atoms with Gasteiger partial charge >= 0.3 is 0 Å². The molecule has 0 fully saturated rings. The van der Waals surface area contributed by atoms with E-state index in [1.165, 1.54) is 0 Å². The number of hydrogen-bond acceptors (Lipinski definition) is 3. The van der Waals surface area contributed by atoms with Gasteiger partial charge in [-0.05, 0) is 37.3 Å². The first-order valence-corrected chi connectivity index (χ1v) is 7.81. The molecule has 0 bridgehead atoms. The highest BCUT2D eigenvalue weighted by Crippen LogP contribution is 2.32. The van der Waals surface area contributed by atoms with E-state index in [0.717, 1.165) is 34.0 Å². The summed E-state index contributed by atoms with van der Waals surface area (Å²) in [5.41, 5.74) is 8.36. The molecule has 2 heterocycles. The van der Waals surface area contributed by atoms with Crippen LogP contribution < -0.4 is 5.73 Å². The molecule has 2 rings (SSSR count). The van der Waals surface area contributed by atoms with E-state index < -0.39 is 0 Å². The molecule has 2 unspecified atom stereocenters. The third kappa shape index (κ3) is 3.19. The van der Waals surface area contributed by atoms with Crippen LogP contribution in [0.1, 0.15) is 48.5 Å². The van der Waals surface area contributed by atoms with Crippen molar-refractivity contribution in [2.24, 2.45) is 5.73 Å². The van der Waals surface area contributed by atoms with Crippen molar-refractivity contribution in [2.45, 2.75) is 45.7 Å². The monoisotopic (exact) mass is 297 g/mol. The summed E-state index contributed by atoms with van der Waals surface area (Å²) in [5.74, 6) is 0. The minimum atomic E-state index is -0.0773. The van der Waals surface area contributed by atoms with Crippen LogP contribution in [0.2, 0.25) is 5.02 Å². The Kier molecular flexibility index (Phi) is 4.66. The summed E-state index contributed by atoms with van der Waals surface area (Å²) in [6.45, 7) is 6.33. The van der Waals surface area contributed by atoms with Crippen LogP contribution in [0.4, 0.5) is 0 Å². The topological polar surface area (TPSA) is 43.8 Å². The summed E-state index contributed by atoms with van der Waals surface area (Å²) in [7, 11) is 0. The molecule has 2 N–H and O–H groups in total. The Morgan fingerprint density at radius 2 is 2.26 bits per heavy atom. The number of halogens is 1. The van der Waals surface area contributed by atoms with Gasteiger partial charge in [-0.3, -0.25) is 4.68 Å². The minimum Gasteiger partial charge on any atom is -0.323 e. The van der Waals surface area contributed by atoms with E-state index >= 15 is 0 Å². The molecule has 3 nitrogen and oxygen atoms in total. The minimum absolute atomic E-state index is 0.0773. The van der Waals surface area contributed by atoms with Gasteiger partial charge in [0.1, 0.15) is 0 Å².